The number of halogens is 1. The van der Waals surface area contributed by atoms with Crippen LogP contribution in [0.5, 0.6) is 5.75 Å². The van der Waals surface area contributed by atoms with Crippen molar-refractivity contribution in [3.63, 3.8) is 0 Å². The lowest BCUT2D eigenvalue weighted by atomic mass is 10.2. The first-order chi connectivity index (χ1) is 10.2. The Kier molecular flexibility index (Phi) is 6.03. The molecule has 0 atom stereocenters. The van der Waals surface area contributed by atoms with E-state index < -0.39 is 0 Å². The van der Waals surface area contributed by atoms with E-state index in [4.69, 9.17) is 16.3 Å². The van der Waals surface area contributed by atoms with Gasteiger partial charge < -0.3 is 10.1 Å². The first-order valence-electron chi connectivity index (χ1n) is 7.23. The molecule has 2 aromatic rings. The molecule has 4 heteroatoms. The summed E-state index contributed by atoms with van der Waals surface area (Å²) in [6.45, 7) is 6.36. The van der Waals surface area contributed by atoms with Crippen molar-refractivity contribution in [2.45, 2.75) is 33.4 Å². The first kappa shape index (κ1) is 15.8. The Morgan fingerprint density at radius 3 is 2.76 bits per heavy atom. The molecule has 0 saturated heterocycles. The molecule has 0 radical (unpaired) electrons. The van der Waals surface area contributed by atoms with Crippen LogP contribution in [0.4, 0.5) is 0 Å². The van der Waals surface area contributed by atoms with Gasteiger partial charge in [-0.2, -0.15) is 0 Å². The Morgan fingerprint density at radius 2 is 2.00 bits per heavy atom. The number of nitrogens with one attached hydrogen (secondary N) is 1. The van der Waals surface area contributed by atoms with Crippen LogP contribution in [-0.2, 0) is 13.2 Å². The number of rotatable bonds is 7. The highest BCUT2D eigenvalue weighted by molar-refractivity contribution is 6.32. The number of aryl methyl sites for hydroxylation is 1. The molecule has 1 aromatic carbocycles. The van der Waals surface area contributed by atoms with Gasteiger partial charge in [0.15, 0.2) is 0 Å². The molecule has 0 saturated carbocycles. The molecular weight excluding hydrogens is 284 g/mol. The van der Waals surface area contributed by atoms with Gasteiger partial charge in [0.2, 0.25) is 0 Å². The van der Waals surface area contributed by atoms with Crippen molar-refractivity contribution in [1.29, 1.82) is 0 Å². The topological polar surface area (TPSA) is 34.1 Å². The van der Waals surface area contributed by atoms with Crippen molar-refractivity contribution in [2.24, 2.45) is 0 Å². The molecule has 0 unspecified atom stereocenters. The monoisotopic (exact) mass is 304 g/mol. The van der Waals surface area contributed by atoms with Gasteiger partial charge >= 0.3 is 0 Å². The predicted molar refractivity (Wildman–Crippen MR) is 86.8 cm³/mol. The average molecular weight is 305 g/mol. The minimum Gasteiger partial charge on any atom is -0.486 e. The van der Waals surface area contributed by atoms with Crippen LogP contribution >= 0.6 is 11.6 Å². The lowest BCUT2D eigenvalue weighted by Crippen LogP contribution is -2.15. The van der Waals surface area contributed by atoms with Crippen LogP contribution in [0.15, 0.2) is 36.4 Å². The van der Waals surface area contributed by atoms with E-state index in [0.717, 1.165) is 36.5 Å². The van der Waals surface area contributed by atoms with E-state index in [0.29, 0.717) is 17.4 Å². The minimum atomic E-state index is 0.421. The number of nitrogens with zero attached hydrogens (tertiary/aromatic N) is 1. The molecule has 0 fully saturated rings. The van der Waals surface area contributed by atoms with Crippen LogP contribution in [0.25, 0.3) is 0 Å². The summed E-state index contributed by atoms with van der Waals surface area (Å²) in [5.74, 6) is 0.693. The second-order valence-corrected chi connectivity index (χ2v) is 5.43. The largest absolute Gasteiger partial charge is 0.486 e. The number of ether oxygens (including phenoxy) is 1. The molecule has 3 nitrogen and oxygen atoms in total. The zero-order chi connectivity index (χ0) is 15.1. The lowest BCUT2D eigenvalue weighted by Gasteiger charge is -2.09. The molecule has 0 amide bonds. The van der Waals surface area contributed by atoms with Gasteiger partial charge in [-0.15, -0.1) is 0 Å². The fourth-order valence-electron chi connectivity index (χ4n) is 1.98. The van der Waals surface area contributed by atoms with Crippen LogP contribution < -0.4 is 10.1 Å². The summed E-state index contributed by atoms with van der Waals surface area (Å²) in [5.41, 5.74) is 3.05. The highest BCUT2D eigenvalue weighted by Gasteiger charge is 2.03. The highest BCUT2D eigenvalue weighted by atomic mass is 35.5. The fraction of sp³-hybridized carbons (Fsp3) is 0.353. The maximum absolute atomic E-state index is 6.16. The molecule has 2 rings (SSSR count). The van der Waals surface area contributed by atoms with Crippen LogP contribution in [0.2, 0.25) is 5.02 Å². The molecule has 0 aliphatic carbocycles. The molecule has 0 aliphatic rings. The van der Waals surface area contributed by atoms with Gasteiger partial charge in [-0.25, -0.2) is 0 Å². The quantitative estimate of drug-likeness (QED) is 0.781. The van der Waals surface area contributed by atoms with Gasteiger partial charge in [-0.05, 0) is 49.7 Å². The Hall–Kier alpha value is -1.58. The van der Waals surface area contributed by atoms with Crippen LogP contribution in [-0.4, -0.2) is 11.5 Å². The summed E-state index contributed by atoms with van der Waals surface area (Å²) in [6.07, 6.45) is 1.12. The zero-order valence-electron chi connectivity index (χ0n) is 12.5. The number of hydrogen-bond acceptors (Lipinski definition) is 3. The minimum absolute atomic E-state index is 0.421. The van der Waals surface area contributed by atoms with E-state index in [2.05, 4.69) is 17.2 Å². The maximum Gasteiger partial charge on any atom is 0.138 e. The van der Waals surface area contributed by atoms with Gasteiger partial charge in [0.05, 0.1) is 16.4 Å². The van der Waals surface area contributed by atoms with Gasteiger partial charge in [0, 0.05) is 6.54 Å². The van der Waals surface area contributed by atoms with Crippen molar-refractivity contribution < 1.29 is 4.74 Å². The smallest absolute Gasteiger partial charge is 0.138 e. The van der Waals surface area contributed by atoms with Crippen LogP contribution in [0.3, 0.4) is 0 Å². The molecule has 1 heterocycles. The summed E-state index contributed by atoms with van der Waals surface area (Å²) in [4.78, 5) is 4.58. The Bertz CT molecular complexity index is 587. The SMILES string of the molecule is CCCNCc1cccc(COc2ccc(C)cc2Cl)n1. The third-order valence-corrected chi connectivity index (χ3v) is 3.36. The van der Waals surface area contributed by atoms with E-state index in [-0.39, 0.29) is 0 Å². The van der Waals surface area contributed by atoms with Gasteiger partial charge in [-0.3, -0.25) is 4.98 Å². The molecule has 0 bridgehead atoms. The lowest BCUT2D eigenvalue weighted by molar-refractivity contribution is 0.301. The Balaban J connectivity index is 1.95. The second kappa shape index (κ2) is 8.01. The third-order valence-electron chi connectivity index (χ3n) is 3.06. The normalized spacial score (nSPS) is 10.6. The van der Waals surface area contributed by atoms with Gasteiger partial charge in [0.1, 0.15) is 12.4 Å². The predicted octanol–water partition coefficient (Wildman–Crippen LogP) is 4.12. The molecule has 112 valence electrons. The van der Waals surface area contributed by atoms with Crippen LogP contribution in [0, 0.1) is 6.92 Å². The van der Waals surface area contributed by atoms with Crippen molar-refractivity contribution in [1.82, 2.24) is 10.3 Å². The van der Waals surface area contributed by atoms with Crippen molar-refractivity contribution in [3.05, 3.63) is 58.4 Å². The molecule has 21 heavy (non-hydrogen) atoms. The van der Waals surface area contributed by atoms with Crippen molar-refractivity contribution in [3.8, 4) is 5.75 Å². The maximum atomic E-state index is 6.16. The second-order valence-electron chi connectivity index (χ2n) is 5.02. The summed E-state index contributed by atoms with van der Waals surface area (Å²) in [7, 11) is 0. The van der Waals surface area contributed by atoms with E-state index in [1.807, 2.05) is 43.3 Å². The summed E-state index contributed by atoms with van der Waals surface area (Å²) >= 11 is 6.16. The van der Waals surface area contributed by atoms with E-state index >= 15 is 0 Å². The number of benzene rings is 1. The molecular formula is C17H21ClN2O. The summed E-state index contributed by atoms with van der Waals surface area (Å²) in [5, 5.41) is 3.98. The Labute approximate surface area is 131 Å². The molecule has 1 N–H and O–H groups in total. The number of hydrogen-bond donors (Lipinski definition) is 1. The summed E-state index contributed by atoms with van der Waals surface area (Å²) in [6, 6.07) is 11.8. The van der Waals surface area contributed by atoms with E-state index in [9.17, 15) is 0 Å². The highest BCUT2D eigenvalue weighted by Crippen LogP contribution is 2.25. The molecule has 0 spiro atoms. The average Bonchev–Trinajstić information content (AvgIpc) is 2.47. The standard InChI is InChI=1S/C17H21ClN2O/c1-3-9-19-11-14-5-4-6-15(20-14)12-21-17-8-7-13(2)10-16(17)18/h4-8,10,19H,3,9,11-12H2,1-2H3. The van der Waals surface area contributed by atoms with E-state index in [1.165, 1.54) is 0 Å². The Morgan fingerprint density at radius 1 is 1.19 bits per heavy atom. The first-order valence-corrected chi connectivity index (χ1v) is 7.61. The van der Waals surface area contributed by atoms with Gasteiger partial charge in [-0.1, -0.05) is 30.7 Å². The number of pyridine rings is 1. The van der Waals surface area contributed by atoms with Crippen molar-refractivity contribution in [2.75, 3.05) is 6.54 Å². The van der Waals surface area contributed by atoms with Crippen molar-refractivity contribution >= 4 is 11.6 Å². The van der Waals surface area contributed by atoms with E-state index in [1.54, 1.807) is 0 Å². The zero-order valence-corrected chi connectivity index (χ0v) is 13.3. The van der Waals surface area contributed by atoms with Gasteiger partial charge in [0.25, 0.3) is 0 Å². The molecule has 1 aromatic heterocycles. The number of aromatic nitrogens is 1. The molecule has 0 aliphatic heterocycles. The third kappa shape index (κ3) is 5.03. The van der Waals surface area contributed by atoms with Crippen LogP contribution in [0.1, 0.15) is 30.3 Å². The fourth-order valence-corrected chi connectivity index (χ4v) is 2.27. The summed E-state index contributed by atoms with van der Waals surface area (Å²) < 4.78 is 5.74.